The second kappa shape index (κ2) is 13.2. The van der Waals surface area contributed by atoms with E-state index in [1.165, 1.54) is 5.57 Å². The zero-order valence-electron chi connectivity index (χ0n) is 33.9. The van der Waals surface area contributed by atoms with Crippen LogP contribution in [-0.2, 0) is 14.3 Å². The minimum Gasteiger partial charge on any atom is -0.481 e. The molecule has 2 heterocycles. The van der Waals surface area contributed by atoms with Crippen LogP contribution in [0.15, 0.2) is 42.2 Å². The van der Waals surface area contributed by atoms with Gasteiger partial charge in [0.25, 0.3) is 0 Å². The number of benzene rings is 1. The molecule has 0 amide bonds. The van der Waals surface area contributed by atoms with Crippen LogP contribution in [0.5, 0.6) is 0 Å². The Hall–Kier alpha value is -2.26. The van der Waals surface area contributed by atoms with Gasteiger partial charge in [-0.3, -0.25) is 4.79 Å². The topological polar surface area (TPSA) is 112 Å². The van der Waals surface area contributed by atoms with Crippen molar-refractivity contribution in [2.75, 3.05) is 19.8 Å². The van der Waals surface area contributed by atoms with E-state index in [1.807, 2.05) is 24.3 Å². The minimum atomic E-state index is -0.628. The molecule has 9 heteroatoms. The van der Waals surface area contributed by atoms with Crippen molar-refractivity contribution in [3.8, 4) is 11.4 Å². The molecule has 2 aromatic rings. The molecule has 292 valence electrons. The van der Waals surface area contributed by atoms with Crippen LogP contribution in [0.25, 0.3) is 11.4 Å². The second-order valence-electron chi connectivity index (χ2n) is 20.0. The molecule has 3 saturated carbocycles. The van der Waals surface area contributed by atoms with Gasteiger partial charge in [-0.1, -0.05) is 97.7 Å². The van der Waals surface area contributed by atoms with Crippen LogP contribution in [-0.4, -0.2) is 57.3 Å². The number of hydrogen-bond acceptors (Lipinski definition) is 6. The Labute approximate surface area is 323 Å². The molecule has 1 saturated heterocycles. The predicted molar refractivity (Wildman–Crippen MR) is 210 cm³/mol. The summed E-state index contributed by atoms with van der Waals surface area (Å²) in [7, 11) is 0. The van der Waals surface area contributed by atoms with E-state index in [4.69, 9.17) is 36.9 Å². The molecule has 2 bridgehead atoms. The number of fused-ring (bicyclic) bond motifs is 3. The number of nitrogens with zero attached hydrogens (tertiary/aromatic N) is 3. The number of rotatable bonds is 9. The van der Waals surface area contributed by atoms with Crippen LogP contribution in [0.2, 0.25) is 5.02 Å². The largest absolute Gasteiger partial charge is 0.481 e. The summed E-state index contributed by atoms with van der Waals surface area (Å²) in [5, 5.41) is 16.8. The Morgan fingerprint density at radius 1 is 1.11 bits per heavy atom. The molecule has 7 rings (SSSR count). The SMILES string of the molecule is CC(C)[C@@H](C)[C@@]1(C)CC[C@]2(C)[C@H]3CC[C@@H]4[C@@]5(COC[C@@]4(C)[C@@H](OC[C@](C)(N)C(C)C)[C@H](n4ncnc4-c4cccc(Cl)c4)C5)C3=CC[C@@]2(C)[C@@H]1C(=O)O. The van der Waals surface area contributed by atoms with E-state index < -0.39 is 17.4 Å². The van der Waals surface area contributed by atoms with Crippen molar-refractivity contribution >= 4 is 17.6 Å². The zero-order valence-corrected chi connectivity index (χ0v) is 34.7. The zero-order chi connectivity index (χ0) is 38.5. The molecule has 4 aliphatic carbocycles. The number of carboxylic acids is 1. The third kappa shape index (κ3) is 5.64. The fraction of sp³-hybridized carbons (Fsp3) is 0.750. The monoisotopic (exact) mass is 748 g/mol. The summed E-state index contributed by atoms with van der Waals surface area (Å²) in [6.07, 6.45) is 9.60. The van der Waals surface area contributed by atoms with Gasteiger partial charge in [0, 0.05) is 27.0 Å². The maximum Gasteiger partial charge on any atom is 0.307 e. The highest BCUT2D eigenvalue weighted by atomic mass is 35.5. The van der Waals surface area contributed by atoms with Gasteiger partial charge in [-0.15, -0.1) is 0 Å². The predicted octanol–water partition coefficient (Wildman–Crippen LogP) is 9.49. The first-order valence-electron chi connectivity index (χ1n) is 20.3. The molecule has 1 aromatic heterocycles. The Balaban J connectivity index is 1.36. The summed E-state index contributed by atoms with van der Waals surface area (Å²) in [4.78, 5) is 18.4. The summed E-state index contributed by atoms with van der Waals surface area (Å²) in [5.41, 5.74) is 7.43. The standard InChI is InChI=1S/C44H65ClN4O4/c1-26(2)28(5)39(6)18-19-41(8)31-14-15-34-40(7)22-52-24-44(34,32(31)16-17-42(41,9)35(39)38(50)51)21-33(36(40)53-23-43(10,46)27(3)4)49-37(47-25-48-49)29-12-11-13-30(45)20-29/h11-13,16,20,25-28,31,33-36H,14-15,17-19,21-24,46H2,1-10H3,(H,50,51)/t28-,31+,33-,34+,35-,36+,39-,40-,41-,42+,43+,44+/m1/s1. The normalized spacial score (nSPS) is 41.2. The Bertz CT molecular complexity index is 1760. The average Bonchev–Trinajstić information content (AvgIpc) is 3.57. The molecule has 0 radical (unpaired) electrons. The van der Waals surface area contributed by atoms with Crippen molar-refractivity contribution in [3.63, 3.8) is 0 Å². The van der Waals surface area contributed by atoms with Crippen LogP contribution in [0.3, 0.4) is 0 Å². The molecule has 0 spiro atoms. The summed E-state index contributed by atoms with van der Waals surface area (Å²) in [6, 6.07) is 7.72. The molecular weight excluding hydrogens is 684 g/mol. The van der Waals surface area contributed by atoms with E-state index in [0.29, 0.717) is 42.6 Å². The van der Waals surface area contributed by atoms with Crippen molar-refractivity contribution in [3.05, 3.63) is 47.3 Å². The molecule has 5 aliphatic rings. The minimum absolute atomic E-state index is 0.131. The van der Waals surface area contributed by atoms with E-state index in [2.05, 4.69) is 80.0 Å². The van der Waals surface area contributed by atoms with Crippen molar-refractivity contribution < 1.29 is 19.4 Å². The fourth-order valence-electron chi connectivity index (χ4n) is 12.9. The van der Waals surface area contributed by atoms with Gasteiger partial charge in [-0.25, -0.2) is 9.67 Å². The molecule has 8 nitrogen and oxygen atoms in total. The number of aliphatic carboxylic acids is 1. The first-order chi connectivity index (χ1) is 24.8. The number of ether oxygens (including phenoxy) is 2. The molecule has 1 aliphatic heterocycles. The van der Waals surface area contributed by atoms with E-state index in [-0.39, 0.29) is 51.1 Å². The Morgan fingerprint density at radius 3 is 2.51 bits per heavy atom. The summed E-state index contributed by atoms with van der Waals surface area (Å²) >= 11 is 6.53. The highest BCUT2D eigenvalue weighted by molar-refractivity contribution is 6.30. The number of carboxylic acid groups (broad SMARTS) is 1. The van der Waals surface area contributed by atoms with Gasteiger partial charge in [-0.2, -0.15) is 5.10 Å². The molecule has 0 unspecified atom stereocenters. The molecular formula is C44H65ClN4O4. The van der Waals surface area contributed by atoms with Crippen LogP contribution in [0.1, 0.15) is 114 Å². The van der Waals surface area contributed by atoms with Crippen molar-refractivity contribution in [1.29, 1.82) is 0 Å². The number of halogens is 1. The molecule has 4 fully saturated rings. The van der Waals surface area contributed by atoms with Crippen LogP contribution in [0, 0.1) is 62.6 Å². The summed E-state index contributed by atoms with van der Waals surface area (Å²) in [6.45, 7) is 24.3. The number of aromatic nitrogens is 3. The maximum absolute atomic E-state index is 13.6. The van der Waals surface area contributed by atoms with Crippen molar-refractivity contribution in [2.24, 2.45) is 68.3 Å². The van der Waals surface area contributed by atoms with Crippen LogP contribution >= 0.6 is 11.6 Å². The Kier molecular flexibility index (Phi) is 9.69. The van der Waals surface area contributed by atoms with E-state index in [1.54, 1.807) is 6.33 Å². The fourth-order valence-corrected chi connectivity index (χ4v) is 13.1. The molecule has 1 aromatic carbocycles. The number of nitrogens with two attached hydrogens (primary N) is 1. The number of carbonyl (C=O) groups is 1. The van der Waals surface area contributed by atoms with Gasteiger partial charge < -0.3 is 20.3 Å². The maximum atomic E-state index is 13.6. The third-order valence-corrected chi connectivity index (χ3v) is 17.2. The van der Waals surface area contributed by atoms with E-state index in [0.717, 1.165) is 49.9 Å². The lowest BCUT2D eigenvalue weighted by Gasteiger charge is -2.71. The lowest BCUT2D eigenvalue weighted by Crippen LogP contribution is -2.69. The second-order valence-corrected chi connectivity index (χ2v) is 20.5. The third-order valence-electron chi connectivity index (χ3n) is 17.0. The van der Waals surface area contributed by atoms with Gasteiger partial charge in [0.1, 0.15) is 6.33 Å². The van der Waals surface area contributed by atoms with E-state index >= 15 is 0 Å². The first kappa shape index (κ1) is 39.0. The quantitative estimate of drug-likeness (QED) is 0.246. The van der Waals surface area contributed by atoms with Gasteiger partial charge in [0.05, 0.1) is 37.9 Å². The highest BCUT2D eigenvalue weighted by Gasteiger charge is 2.72. The number of allylic oxidation sites excluding steroid dienone is 1. The molecule has 53 heavy (non-hydrogen) atoms. The van der Waals surface area contributed by atoms with Crippen LogP contribution in [0.4, 0.5) is 0 Å². The van der Waals surface area contributed by atoms with Gasteiger partial charge in [0.15, 0.2) is 5.82 Å². The van der Waals surface area contributed by atoms with Crippen LogP contribution < -0.4 is 5.73 Å². The highest BCUT2D eigenvalue weighted by Crippen LogP contribution is 2.75. The van der Waals surface area contributed by atoms with E-state index in [9.17, 15) is 9.90 Å². The first-order valence-corrected chi connectivity index (χ1v) is 20.7. The average molecular weight is 749 g/mol. The van der Waals surface area contributed by atoms with Gasteiger partial charge in [0.2, 0.25) is 0 Å². The van der Waals surface area contributed by atoms with Gasteiger partial charge >= 0.3 is 5.97 Å². The molecule has 3 N–H and O–H groups in total. The van der Waals surface area contributed by atoms with Crippen molar-refractivity contribution in [1.82, 2.24) is 14.8 Å². The summed E-state index contributed by atoms with van der Waals surface area (Å²) < 4.78 is 16.1. The number of hydrogen-bond donors (Lipinski definition) is 2. The summed E-state index contributed by atoms with van der Waals surface area (Å²) in [5.74, 6) is 1.29. The Morgan fingerprint density at radius 2 is 1.85 bits per heavy atom. The van der Waals surface area contributed by atoms with Crippen molar-refractivity contribution in [2.45, 2.75) is 125 Å². The smallest absolute Gasteiger partial charge is 0.307 e. The lowest BCUT2D eigenvalue weighted by atomic mass is 9.34. The van der Waals surface area contributed by atoms with Gasteiger partial charge in [-0.05, 0) is 103 Å². The molecule has 12 atom stereocenters. The lowest BCUT2D eigenvalue weighted by molar-refractivity contribution is -0.252.